The lowest BCUT2D eigenvalue weighted by molar-refractivity contribution is 1.65. The lowest BCUT2D eigenvalue weighted by Crippen LogP contribution is -1.93. The average molecular weight is 730 g/mol. The summed E-state index contributed by atoms with van der Waals surface area (Å²) < 4.78 is 5.37. The van der Waals surface area contributed by atoms with Gasteiger partial charge in [-0.05, 0) is 170 Å². The summed E-state index contributed by atoms with van der Waals surface area (Å²) in [4.78, 5) is 0. The van der Waals surface area contributed by atoms with Gasteiger partial charge in [0.25, 0.3) is 0 Å². The molecule has 0 unspecified atom stereocenters. The molecule has 5 rings (SSSR count). The number of halogens is 4. The lowest BCUT2D eigenvalue weighted by Gasteiger charge is -2.19. The number of rotatable bonds is 0. The summed E-state index contributed by atoms with van der Waals surface area (Å²) in [7, 11) is 0. The van der Waals surface area contributed by atoms with E-state index in [1.807, 2.05) is 0 Å². The van der Waals surface area contributed by atoms with E-state index in [0.29, 0.717) is 0 Å². The molecule has 0 saturated carbocycles. The predicted octanol–water partition coefficient (Wildman–Crippen LogP) is 7.59. The zero-order valence-corrected chi connectivity index (χ0v) is 19.6. The first kappa shape index (κ1) is 14.9. The maximum atomic E-state index is 2.43. The molecule has 0 aromatic heterocycles. The fourth-order valence-corrected chi connectivity index (χ4v) is 5.22. The molecule has 0 bridgehead atoms. The fourth-order valence-electron chi connectivity index (χ4n) is 3.35. The molecule has 0 saturated heterocycles. The van der Waals surface area contributed by atoms with E-state index in [1.165, 1.54) is 57.4 Å². The van der Waals surface area contributed by atoms with E-state index in [-0.39, 0.29) is 0 Å². The van der Waals surface area contributed by atoms with Crippen molar-refractivity contribution in [2.75, 3.05) is 0 Å². The first-order valence-electron chi connectivity index (χ1n) is 6.72. The van der Waals surface area contributed by atoms with E-state index in [1.54, 1.807) is 0 Å². The molecule has 0 fully saturated rings. The van der Waals surface area contributed by atoms with E-state index in [2.05, 4.69) is 127 Å². The monoisotopic (exact) mass is 730 g/mol. The van der Waals surface area contributed by atoms with Crippen LogP contribution in [0.1, 0.15) is 0 Å². The minimum Gasteiger partial charge on any atom is -0.0452 e. The second-order valence-electron chi connectivity index (χ2n) is 5.57. The quantitative estimate of drug-likeness (QED) is 0.144. The van der Waals surface area contributed by atoms with Crippen LogP contribution in [0, 0.1) is 14.3 Å². The largest absolute Gasteiger partial charge is 0.0452 e. The van der Waals surface area contributed by atoms with Crippen LogP contribution in [-0.4, -0.2) is 0 Å². The lowest BCUT2D eigenvalue weighted by atomic mass is 9.86. The van der Waals surface area contributed by atoms with Gasteiger partial charge in [-0.1, -0.05) is 0 Å². The first-order valence-corrected chi connectivity index (χ1v) is 11.0. The zero-order valence-electron chi connectivity index (χ0n) is 11.0. The molecule has 4 heteroatoms. The van der Waals surface area contributed by atoms with E-state index < -0.39 is 0 Å². The van der Waals surface area contributed by atoms with Crippen molar-refractivity contribution in [1.82, 2.24) is 0 Å². The molecular weight excluding hydrogens is 724 g/mol. The Bertz CT molecular complexity index is 1020. The van der Waals surface area contributed by atoms with Crippen LogP contribution in [0.2, 0.25) is 0 Å². The molecule has 0 aliphatic carbocycles. The Kier molecular flexibility index (Phi) is 3.41. The van der Waals surface area contributed by atoms with Gasteiger partial charge in [-0.15, -0.1) is 0 Å². The van der Waals surface area contributed by atoms with Crippen molar-refractivity contribution in [3.05, 3.63) is 50.7 Å². The number of fused-ring (bicyclic) bond motifs is 8. The van der Waals surface area contributed by atoms with E-state index in [0.717, 1.165) is 0 Å². The van der Waals surface area contributed by atoms with Crippen molar-refractivity contribution in [2.24, 2.45) is 0 Å². The molecule has 0 spiro atoms. The van der Waals surface area contributed by atoms with Gasteiger partial charge in [-0.3, -0.25) is 0 Å². The van der Waals surface area contributed by atoms with Gasteiger partial charge in [0.2, 0.25) is 0 Å². The van der Waals surface area contributed by atoms with Gasteiger partial charge in [0.1, 0.15) is 0 Å². The highest BCUT2D eigenvalue weighted by Gasteiger charge is 2.18. The Morgan fingerprint density at radius 3 is 0.727 bits per heavy atom. The third-order valence-corrected chi connectivity index (χ3v) is 10.1. The third kappa shape index (κ3) is 1.89. The molecule has 0 nitrogen and oxygen atoms in total. The zero-order chi connectivity index (χ0) is 15.2. The minimum atomic E-state index is 1.34. The van der Waals surface area contributed by atoms with Gasteiger partial charge < -0.3 is 0 Å². The van der Waals surface area contributed by atoms with E-state index in [4.69, 9.17) is 0 Å². The Balaban J connectivity index is 1.92. The second-order valence-corrected chi connectivity index (χ2v) is 10.2. The topological polar surface area (TPSA) is 0 Å². The van der Waals surface area contributed by atoms with Crippen LogP contribution < -0.4 is 0 Å². The number of benzene rings is 3. The summed E-state index contributed by atoms with van der Waals surface area (Å²) in [5.41, 5.74) is 0. The standard InChI is InChI=1S/C18H6I4/c19-15-3-11-7-1-8-10(2-9(7)13(11)5-17(15)21)14-6-18(22)16(20)4-12(8)14/h1-6H. The van der Waals surface area contributed by atoms with Crippen LogP contribution >= 0.6 is 90.4 Å². The van der Waals surface area contributed by atoms with Gasteiger partial charge in [0, 0.05) is 14.3 Å². The highest BCUT2D eigenvalue weighted by atomic mass is 127. The van der Waals surface area contributed by atoms with Gasteiger partial charge in [-0.2, -0.15) is 0 Å². The van der Waals surface area contributed by atoms with Crippen molar-refractivity contribution in [3.8, 4) is 0 Å². The predicted molar refractivity (Wildman–Crippen MR) is 130 cm³/mol. The summed E-state index contributed by atoms with van der Waals surface area (Å²) in [6.45, 7) is 0. The maximum Gasteiger partial charge on any atom is 0.0270 e. The summed E-state index contributed by atoms with van der Waals surface area (Å²) >= 11 is 9.71. The van der Waals surface area contributed by atoms with Gasteiger partial charge in [0.05, 0.1) is 0 Å². The molecule has 0 heterocycles. The molecule has 5 aromatic carbocycles. The van der Waals surface area contributed by atoms with Crippen LogP contribution in [-0.2, 0) is 0 Å². The van der Waals surface area contributed by atoms with Gasteiger partial charge in [-0.25, -0.2) is 0 Å². The number of hydrogen-bond donors (Lipinski definition) is 0. The van der Waals surface area contributed by atoms with Crippen LogP contribution in [0.3, 0.4) is 0 Å². The summed E-state index contributed by atoms with van der Waals surface area (Å²) in [5, 5.41) is 11.3. The summed E-state index contributed by atoms with van der Waals surface area (Å²) in [5.74, 6) is 0. The molecule has 0 amide bonds. The van der Waals surface area contributed by atoms with Crippen molar-refractivity contribution in [2.45, 2.75) is 0 Å². The highest BCUT2D eigenvalue weighted by Crippen LogP contribution is 2.45. The van der Waals surface area contributed by atoms with Gasteiger partial charge in [0.15, 0.2) is 0 Å². The van der Waals surface area contributed by atoms with Crippen molar-refractivity contribution < 1.29 is 0 Å². The highest BCUT2D eigenvalue weighted by molar-refractivity contribution is 14.1. The Morgan fingerprint density at radius 2 is 0.500 bits per heavy atom. The molecule has 0 aliphatic heterocycles. The Hall–Kier alpha value is 0.580. The molecule has 0 aliphatic rings. The SMILES string of the molecule is Ic1cc2c(cc1I)c1cc3c4cc(I)c(I)cc4c3cc21. The summed E-state index contributed by atoms with van der Waals surface area (Å²) in [6.07, 6.45) is 0. The van der Waals surface area contributed by atoms with E-state index in [9.17, 15) is 0 Å². The molecule has 0 atom stereocenters. The molecular formula is C18H6I4. The van der Waals surface area contributed by atoms with Crippen molar-refractivity contribution >= 4 is 133 Å². The normalized spacial score (nSPS) is 12.5. The Labute approximate surface area is 181 Å². The van der Waals surface area contributed by atoms with Crippen LogP contribution in [0.25, 0.3) is 43.1 Å². The molecule has 0 N–H and O–H groups in total. The average Bonchev–Trinajstić information content (AvgIpc) is 2.50. The third-order valence-electron chi connectivity index (χ3n) is 4.44. The van der Waals surface area contributed by atoms with Crippen LogP contribution in [0.4, 0.5) is 0 Å². The van der Waals surface area contributed by atoms with Crippen molar-refractivity contribution in [1.29, 1.82) is 0 Å². The van der Waals surface area contributed by atoms with E-state index >= 15 is 0 Å². The first-order chi connectivity index (χ1) is 10.5. The van der Waals surface area contributed by atoms with Crippen LogP contribution in [0.5, 0.6) is 0 Å². The fraction of sp³-hybridized carbons (Fsp3) is 0. The Morgan fingerprint density at radius 1 is 0.318 bits per heavy atom. The molecule has 0 radical (unpaired) electrons. The molecule has 5 aromatic rings. The summed E-state index contributed by atoms with van der Waals surface area (Å²) in [6, 6.07) is 14.1. The smallest absolute Gasteiger partial charge is 0.0270 e. The van der Waals surface area contributed by atoms with Crippen LogP contribution in [0.15, 0.2) is 36.4 Å². The maximum absolute atomic E-state index is 2.43. The van der Waals surface area contributed by atoms with Gasteiger partial charge >= 0.3 is 0 Å². The molecule has 22 heavy (non-hydrogen) atoms. The number of hydrogen-bond acceptors (Lipinski definition) is 0. The van der Waals surface area contributed by atoms with Crippen molar-refractivity contribution in [3.63, 3.8) is 0 Å². The minimum absolute atomic E-state index is 1.34. The molecule has 106 valence electrons. The second kappa shape index (κ2) is 5.04.